The highest BCUT2D eigenvalue weighted by atomic mass is 35.5. The van der Waals surface area contributed by atoms with Crippen LogP contribution in [-0.4, -0.2) is 46.5 Å². The number of aromatic nitrogens is 2. The number of hydrogen-bond donors (Lipinski definition) is 1. The molecule has 0 aromatic carbocycles. The van der Waals surface area contributed by atoms with E-state index in [4.69, 9.17) is 23.2 Å². The van der Waals surface area contributed by atoms with E-state index in [9.17, 15) is 9.59 Å². The number of likely N-dealkylation sites (tertiary alicyclic amines) is 1. The lowest BCUT2D eigenvalue weighted by atomic mass is 10.2. The van der Waals surface area contributed by atoms with Gasteiger partial charge in [-0.15, -0.1) is 10.2 Å². The van der Waals surface area contributed by atoms with Gasteiger partial charge >= 0.3 is 0 Å². The molecule has 1 saturated heterocycles. The number of likely N-dealkylation sites (N-methyl/N-ethyl adjacent to an activating group) is 1. The molecule has 96 valence electrons. The van der Waals surface area contributed by atoms with Gasteiger partial charge in [-0.3, -0.25) is 9.59 Å². The SMILES string of the molecule is CN1CCC(NC(=O)c2cc(Cl)nnc2Cl)C1=O. The van der Waals surface area contributed by atoms with Gasteiger partial charge in [0.1, 0.15) is 6.04 Å². The first kappa shape index (κ1) is 13.0. The molecule has 2 rings (SSSR count). The van der Waals surface area contributed by atoms with Gasteiger partial charge < -0.3 is 10.2 Å². The van der Waals surface area contributed by atoms with Crippen molar-refractivity contribution in [3.05, 3.63) is 21.9 Å². The van der Waals surface area contributed by atoms with Gasteiger partial charge in [-0.25, -0.2) is 0 Å². The lowest BCUT2D eigenvalue weighted by Crippen LogP contribution is -2.40. The number of carbonyl (C=O) groups is 2. The summed E-state index contributed by atoms with van der Waals surface area (Å²) < 4.78 is 0. The summed E-state index contributed by atoms with van der Waals surface area (Å²) in [5.41, 5.74) is 0.110. The molecule has 0 radical (unpaired) electrons. The van der Waals surface area contributed by atoms with Crippen LogP contribution in [0.3, 0.4) is 0 Å². The zero-order chi connectivity index (χ0) is 13.3. The second-order valence-corrected chi connectivity index (χ2v) is 4.69. The highest BCUT2D eigenvalue weighted by molar-refractivity contribution is 6.34. The van der Waals surface area contributed by atoms with Crippen molar-refractivity contribution in [2.75, 3.05) is 13.6 Å². The molecule has 2 heterocycles. The molecule has 8 heteroatoms. The number of hydrogen-bond acceptors (Lipinski definition) is 4. The summed E-state index contributed by atoms with van der Waals surface area (Å²) >= 11 is 11.4. The molecule has 1 aliphatic rings. The lowest BCUT2D eigenvalue weighted by Gasteiger charge is -2.12. The Bertz CT molecular complexity index is 509. The Hall–Kier alpha value is -1.40. The Kier molecular flexibility index (Phi) is 3.68. The van der Waals surface area contributed by atoms with Crippen LogP contribution in [0.25, 0.3) is 0 Å². The number of amides is 2. The number of halogens is 2. The Morgan fingerprint density at radius 1 is 1.50 bits per heavy atom. The maximum absolute atomic E-state index is 11.9. The molecule has 0 aliphatic carbocycles. The summed E-state index contributed by atoms with van der Waals surface area (Å²) in [6.07, 6.45) is 0.574. The molecular formula is C10H10Cl2N4O2. The third-order valence-electron chi connectivity index (χ3n) is 2.70. The third-order valence-corrected chi connectivity index (χ3v) is 3.16. The van der Waals surface area contributed by atoms with E-state index in [-0.39, 0.29) is 21.8 Å². The smallest absolute Gasteiger partial charge is 0.255 e. The van der Waals surface area contributed by atoms with Crippen molar-refractivity contribution < 1.29 is 9.59 Å². The Morgan fingerprint density at radius 3 is 2.83 bits per heavy atom. The van der Waals surface area contributed by atoms with E-state index in [2.05, 4.69) is 15.5 Å². The van der Waals surface area contributed by atoms with Crippen LogP contribution in [0.5, 0.6) is 0 Å². The molecule has 1 aromatic rings. The fourth-order valence-corrected chi connectivity index (χ4v) is 2.03. The summed E-state index contributed by atoms with van der Waals surface area (Å²) in [5.74, 6) is -0.599. The van der Waals surface area contributed by atoms with E-state index >= 15 is 0 Å². The first-order chi connectivity index (χ1) is 8.49. The number of nitrogens with one attached hydrogen (secondary N) is 1. The van der Waals surface area contributed by atoms with Crippen LogP contribution in [0.15, 0.2) is 6.07 Å². The van der Waals surface area contributed by atoms with E-state index in [0.29, 0.717) is 13.0 Å². The fourth-order valence-electron chi connectivity index (χ4n) is 1.70. The van der Waals surface area contributed by atoms with Crippen molar-refractivity contribution >= 4 is 35.0 Å². The van der Waals surface area contributed by atoms with E-state index in [0.717, 1.165) is 0 Å². The van der Waals surface area contributed by atoms with Crippen molar-refractivity contribution in [2.24, 2.45) is 0 Å². The standard InChI is InChI=1S/C10H10Cl2N4O2/c1-16-3-2-6(10(16)18)13-9(17)5-4-7(11)14-15-8(5)12/h4,6H,2-3H2,1H3,(H,13,17). The minimum absolute atomic E-state index is 0.0456. The molecule has 1 fully saturated rings. The second-order valence-electron chi connectivity index (χ2n) is 3.95. The molecule has 1 N–H and O–H groups in total. The normalized spacial score (nSPS) is 19.2. The van der Waals surface area contributed by atoms with Gasteiger partial charge in [-0.1, -0.05) is 23.2 Å². The molecule has 1 unspecified atom stereocenters. The van der Waals surface area contributed by atoms with Crippen LogP contribution in [0.4, 0.5) is 0 Å². The van der Waals surface area contributed by atoms with Gasteiger partial charge in [0.15, 0.2) is 10.3 Å². The zero-order valence-electron chi connectivity index (χ0n) is 9.48. The predicted octanol–water partition coefficient (Wildman–Crippen LogP) is 0.744. The molecule has 0 bridgehead atoms. The van der Waals surface area contributed by atoms with Crippen LogP contribution in [-0.2, 0) is 4.79 Å². The highest BCUT2D eigenvalue weighted by Crippen LogP contribution is 2.16. The van der Waals surface area contributed by atoms with Gasteiger partial charge in [-0.05, 0) is 12.5 Å². The summed E-state index contributed by atoms with van der Waals surface area (Å²) in [4.78, 5) is 25.1. The Labute approximate surface area is 113 Å². The van der Waals surface area contributed by atoms with Gasteiger partial charge in [0.2, 0.25) is 5.91 Å². The molecule has 1 aromatic heterocycles. The zero-order valence-corrected chi connectivity index (χ0v) is 11.0. The molecular weight excluding hydrogens is 279 g/mol. The van der Waals surface area contributed by atoms with Crippen molar-refractivity contribution in [3.63, 3.8) is 0 Å². The van der Waals surface area contributed by atoms with Gasteiger partial charge in [0.25, 0.3) is 5.91 Å². The molecule has 1 atom stereocenters. The Balaban J connectivity index is 2.13. The minimum atomic E-state index is -0.523. The summed E-state index contributed by atoms with van der Waals surface area (Å²) in [6, 6.07) is 0.792. The van der Waals surface area contributed by atoms with E-state index in [1.807, 2.05) is 0 Å². The second kappa shape index (κ2) is 5.07. The van der Waals surface area contributed by atoms with Crippen LogP contribution in [0, 0.1) is 0 Å². The minimum Gasteiger partial charge on any atom is -0.344 e. The summed E-state index contributed by atoms with van der Waals surface area (Å²) in [6.45, 7) is 0.618. The van der Waals surface area contributed by atoms with E-state index in [1.165, 1.54) is 6.07 Å². The van der Waals surface area contributed by atoms with Crippen LogP contribution >= 0.6 is 23.2 Å². The topological polar surface area (TPSA) is 75.2 Å². The Morgan fingerprint density at radius 2 is 2.22 bits per heavy atom. The lowest BCUT2D eigenvalue weighted by molar-refractivity contribution is -0.128. The maximum atomic E-state index is 11.9. The quantitative estimate of drug-likeness (QED) is 0.871. The molecule has 1 aliphatic heterocycles. The molecule has 6 nitrogen and oxygen atoms in total. The summed E-state index contributed by atoms with van der Waals surface area (Å²) in [5, 5.41) is 9.67. The number of rotatable bonds is 2. The average Bonchev–Trinajstić information content (AvgIpc) is 2.64. The fraction of sp³-hybridized carbons (Fsp3) is 0.400. The predicted molar refractivity (Wildman–Crippen MR) is 65.6 cm³/mol. The summed E-state index contributed by atoms with van der Waals surface area (Å²) in [7, 11) is 1.69. The largest absolute Gasteiger partial charge is 0.344 e. The number of carbonyl (C=O) groups excluding carboxylic acids is 2. The van der Waals surface area contributed by atoms with E-state index in [1.54, 1.807) is 11.9 Å². The van der Waals surface area contributed by atoms with Crippen molar-refractivity contribution in [1.82, 2.24) is 20.4 Å². The van der Waals surface area contributed by atoms with Gasteiger partial charge in [-0.2, -0.15) is 0 Å². The van der Waals surface area contributed by atoms with Gasteiger partial charge in [0.05, 0.1) is 5.56 Å². The monoisotopic (exact) mass is 288 g/mol. The molecule has 0 spiro atoms. The van der Waals surface area contributed by atoms with Crippen molar-refractivity contribution in [1.29, 1.82) is 0 Å². The molecule has 18 heavy (non-hydrogen) atoms. The maximum Gasteiger partial charge on any atom is 0.255 e. The molecule has 0 saturated carbocycles. The van der Waals surface area contributed by atoms with Crippen molar-refractivity contribution in [2.45, 2.75) is 12.5 Å². The van der Waals surface area contributed by atoms with Gasteiger partial charge in [0, 0.05) is 13.6 Å². The third kappa shape index (κ3) is 2.54. The first-order valence-electron chi connectivity index (χ1n) is 5.23. The molecule has 2 amide bonds. The average molecular weight is 289 g/mol. The van der Waals surface area contributed by atoms with Crippen LogP contribution < -0.4 is 5.32 Å². The first-order valence-corrected chi connectivity index (χ1v) is 5.99. The van der Waals surface area contributed by atoms with Crippen molar-refractivity contribution in [3.8, 4) is 0 Å². The van der Waals surface area contributed by atoms with Crippen LogP contribution in [0.2, 0.25) is 10.3 Å². The number of nitrogens with zero attached hydrogens (tertiary/aromatic N) is 3. The van der Waals surface area contributed by atoms with E-state index < -0.39 is 11.9 Å². The van der Waals surface area contributed by atoms with Crippen LogP contribution in [0.1, 0.15) is 16.8 Å². The highest BCUT2D eigenvalue weighted by Gasteiger charge is 2.31.